The highest BCUT2D eigenvalue weighted by molar-refractivity contribution is 6.02. The fourth-order valence-electron chi connectivity index (χ4n) is 2.37. The smallest absolute Gasteiger partial charge is 0.258 e. The molecule has 5 nitrogen and oxygen atoms in total. The number of aryl methyl sites for hydroxylation is 1. The second-order valence-corrected chi connectivity index (χ2v) is 5.26. The average molecular weight is 303 g/mol. The highest BCUT2D eigenvalue weighted by Gasteiger charge is 2.24. The SMILES string of the molecule is Cc1ccc(C(=O)C(C#N)c2nc3ccccc3c(=O)[nH]2)cc1. The third-order valence-electron chi connectivity index (χ3n) is 3.63. The van der Waals surface area contributed by atoms with Gasteiger partial charge in [-0.25, -0.2) is 4.98 Å². The third kappa shape index (κ3) is 2.74. The predicted octanol–water partition coefficient (Wildman–Crippen LogP) is 2.72. The van der Waals surface area contributed by atoms with Crippen LogP contribution in [-0.4, -0.2) is 15.8 Å². The maximum Gasteiger partial charge on any atom is 0.258 e. The molecule has 0 amide bonds. The number of para-hydroxylation sites is 1. The molecule has 0 saturated heterocycles. The van der Waals surface area contributed by atoms with E-state index in [4.69, 9.17) is 0 Å². The third-order valence-corrected chi connectivity index (χ3v) is 3.63. The summed E-state index contributed by atoms with van der Waals surface area (Å²) in [5, 5.41) is 9.82. The van der Waals surface area contributed by atoms with Gasteiger partial charge in [0.1, 0.15) is 5.82 Å². The van der Waals surface area contributed by atoms with E-state index in [-0.39, 0.29) is 17.2 Å². The Kier molecular flexibility index (Phi) is 3.73. The largest absolute Gasteiger partial charge is 0.308 e. The van der Waals surface area contributed by atoms with Gasteiger partial charge in [0.25, 0.3) is 5.56 Å². The molecule has 112 valence electrons. The van der Waals surface area contributed by atoms with Crippen LogP contribution in [0.1, 0.15) is 27.7 Å². The predicted molar refractivity (Wildman–Crippen MR) is 86.2 cm³/mol. The van der Waals surface area contributed by atoms with Gasteiger partial charge in [0.2, 0.25) is 0 Å². The number of hydrogen-bond acceptors (Lipinski definition) is 4. The molecule has 0 radical (unpaired) electrons. The first-order valence-electron chi connectivity index (χ1n) is 7.09. The molecule has 3 rings (SSSR count). The van der Waals surface area contributed by atoms with Crippen LogP contribution in [-0.2, 0) is 0 Å². The number of carbonyl (C=O) groups is 1. The molecule has 0 spiro atoms. The minimum Gasteiger partial charge on any atom is -0.308 e. The van der Waals surface area contributed by atoms with Gasteiger partial charge in [-0.05, 0) is 19.1 Å². The van der Waals surface area contributed by atoms with Gasteiger partial charge >= 0.3 is 0 Å². The molecule has 5 heteroatoms. The van der Waals surface area contributed by atoms with Gasteiger partial charge in [0, 0.05) is 5.56 Å². The molecule has 1 N–H and O–H groups in total. The summed E-state index contributed by atoms with van der Waals surface area (Å²) in [6.07, 6.45) is 0. The lowest BCUT2D eigenvalue weighted by Crippen LogP contribution is -2.19. The van der Waals surface area contributed by atoms with E-state index in [0.717, 1.165) is 5.56 Å². The lowest BCUT2D eigenvalue weighted by Gasteiger charge is -2.09. The standard InChI is InChI=1S/C18H13N3O2/c1-11-6-8-12(9-7-11)16(22)14(10-19)17-20-15-5-3-2-4-13(15)18(23)21-17/h2-9,14H,1H3,(H,20,21,23). The Hall–Kier alpha value is -3.26. The summed E-state index contributed by atoms with van der Waals surface area (Å²) in [5.41, 5.74) is 1.54. The van der Waals surface area contributed by atoms with Gasteiger partial charge in [-0.2, -0.15) is 5.26 Å². The number of nitrogens with one attached hydrogen (secondary N) is 1. The number of nitrogens with zero attached hydrogens (tertiary/aromatic N) is 2. The number of hydrogen-bond donors (Lipinski definition) is 1. The molecular weight excluding hydrogens is 290 g/mol. The molecule has 0 fully saturated rings. The summed E-state index contributed by atoms with van der Waals surface area (Å²) in [7, 11) is 0. The quantitative estimate of drug-likeness (QED) is 0.754. The molecule has 3 aromatic rings. The zero-order chi connectivity index (χ0) is 16.4. The van der Waals surface area contributed by atoms with Crippen LogP contribution in [0.15, 0.2) is 53.3 Å². The Morgan fingerprint density at radius 1 is 1.17 bits per heavy atom. The van der Waals surface area contributed by atoms with E-state index in [1.165, 1.54) is 0 Å². The minimum atomic E-state index is -1.14. The summed E-state index contributed by atoms with van der Waals surface area (Å²) in [6, 6.07) is 15.7. The van der Waals surface area contributed by atoms with Crippen LogP contribution in [0.5, 0.6) is 0 Å². The van der Waals surface area contributed by atoms with Crippen molar-refractivity contribution in [2.75, 3.05) is 0 Å². The fraction of sp³-hybridized carbons (Fsp3) is 0.111. The average Bonchev–Trinajstić information content (AvgIpc) is 2.56. The minimum absolute atomic E-state index is 0.0711. The van der Waals surface area contributed by atoms with E-state index in [2.05, 4.69) is 9.97 Å². The van der Waals surface area contributed by atoms with Gasteiger partial charge in [0.15, 0.2) is 11.7 Å². The Bertz CT molecular complexity index is 982. The van der Waals surface area contributed by atoms with Crippen LogP contribution in [0.4, 0.5) is 0 Å². The number of aromatic nitrogens is 2. The van der Waals surface area contributed by atoms with E-state index >= 15 is 0 Å². The molecule has 0 saturated carbocycles. The van der Waals surface area contributed by atoms with E-state index in [1.54, 1.807) is 48.5 Å². The first kappa shape index (κ1) is 14.7. The molecule has 23 heavy (non-hydrogen) atoms. The molecule has 0 aliphatic carbocycles. The van der Waals surface area contributed by atoms with Crippen molar-refractivity contribution in [3.63, 3.8) is 0 Å². The van der Waals surface area contributed by atoms with Gasteiger partial charge in [-0.1, -0.05) is 42.0 Å². The van der Waals surface area contributed by atoms with Crippen LogP contribution >= 0.6 is 0 Å². The lowest BCUT2D eigenvalue weighted by atomic mass is 9.97. The van der Waals surface area contributed by atoms with Crippen LogP contribution in [0, 0.1) is 18.3 Å². The Morgan fingerprint density at radius 2 is 1.87 bits per heavy atom. The number of Topliss-reactive ketones (excluding diaryl/α,β-unsaturated/α-hetero) is 1. The second kappa shape index (κ2) is 5.85. The van der Waals surface area contributed by atoms with Crippen molar-refractivity contribution in [2.24, 2.45) is 0 Å². The van der Waals surface area contributed by atoms with Crippen LogP contribution in [0.2, 0.25) is 0 Å². The van der Waals surface area contributed by atoms with E-state index in [1.807, 2.05) is 13.0 Å². The number of carbonyl (C=O) groups excluding carboxylic acids is 1. The normalized spacial score (nSPS) is 11.8. The van der Waals surface area contributed by atoms with Crippen molar-refractivity contribution in [1.82, 2.24) is 9.97 Å². The molecule has 1 aromatic heterocycles. The highest BCUT2D eigenvalue weighted by Crippen LogP contribution is 2.18. The van der Waals surface area contributed by atoms with Crippen molar-refractivity contribution in [3.8, 4) is 6.07 Å². The van der Waals surface area contributed by atoms with Crippen LogP contribution in [0.25, 0.3) is 10.9 Å². The Labute approximate surface area is 132 Å². The number of aromatic amines is 1. The zero-order valence-corrected chi connectivity index (χ0v) is 12.4. The number of fused-ring (bicyclic) bond motifs is 1. The van der Waals surface area contributed by atoms with Crippen molar-refractivity contribution < 1.29 is 4.79 Å². The fourth-order valence-corrected chi connectivity index (χ4v) is 2.37. The lowest BCUT2D eigenvalue weighted by molar-refractivity contribution is 0.0976. The topological polar surface area (TPSA) is 86.6 Å². The van der Waals surface area contributed by atoms with Crippen molar-refractivity contribution in [2.45, 2.75) is 12.8 Å². The van der Waals surface area contributed by atoms with E-state index < -0.39 is 5.92 Å². The summed E-state index contributed by atoms with van der Waals surface area (Å²) in [5.74, 6) is -1.46. The molecule has 1 unspecified atom stereocenters. The second-order valence-electron chi connectivity index (χ2n) is 5.26. The molecule has 1 atom stereocenters. The molecule has 2 aromatic carbocycles. The summed E-state index contributed by atoms with van der Waals surface area (Å²) in [4.78, 5) is 31.5. The van der Waals surface area contributed by atoms with Crippen molar-refractivity contribution in [1.29, 1.82) is 5.26 Å². The number of benzene rings is 2. The van der Waals surface area contributed by atoms with Crippen LogP contribution in [0.3, 0.4) is 0 Å². The summed E-state index contributed by atoms with van der Waals surface area (Å²) >= 11 is 0. The summed E-state index contributed by atoms with van der Waals surface area (Å²) in [6.45, 7) is 1.92. The maximum atomic E-state index is 12.6. The van der Waals surface area contributed by atoms with Gasteiger partial charge in [-0.15, -0.1) is 0 Å². The zero-order valence-electron chi connectivity index (χ0n) is 12.4. The van der Waals surface area contributed by atoms with Gasteiger partial charge in [0.05, 0.1) is 17.0 Å². The maximum absolute atomic E-state index is 12.6. The van der Waals surface area contributed by atoms with E-state index in [9.17, 15) is 14.9 Å². The molecule has 1 heterocycles. The van der Waals surface area contributed by atoms with E-state index in [0.29, 0.717) is 16.5 Å². The van der Waals surface area contributed by atoms with Crippen molar-refractivity contribution >= 4 is 16.7 Å². The Morgan fingerprint density at radius 3 is 2.57 bits per heavy atom. The Balaban J connectivity index is 2.08. The molecule has 0 aliphatic heterocycles. The molecular formula is C18H13N3O2. The molecule has 0 aliphatic rings. The van der Waals surface area contributed by atoms with Gasteiger partial charge < -0.3 is 4.98 Å². The monoisotopic (exact) mass is 303 g/mol. The van der Waals surface area contributed by atoms with Gasteiger partial charge in [-0.3, -0.25) is 9.59 Å². The van der Waals surface area contributed by atoms with Crippen molar-refractivity contribution in [3.05, 3.63) is 75.8 Å². The van der Waals surface area contributed by atoms with Crippen LogP contribution < -0.4 is 5.56 Å². The first-order chi connectivity index (χ1) is 11.1. The molecule has 0 bridgehead atoms. The number of nitriles is 1. The number of H-pyrrole nitrogens is 1. The number of ketones is 1. The first-order valence-corrected chi connectivity index (χ1v) is 7.09. The highest BCUT2D eigenvalue weighted by atomic mass is 16.1. The number of rotatable bonds is 3. The summed E-state index contributed by atoms with van der Waals surface area (Å²) < 4.78 is 0.